The number of fused-ring (bicyclic) bond motifs is 1. The summed E-state index contributed by atoms with van der Waals surface area (Å²) >= 11 is 0. The minimum Gasteiger partial charge on any atom is -0.394 e. The summed E-state index contributed by atoms with van der Waals surface area (Å²) in [5, 5.41) is 18.7. The molecule has 0 bridgehead atoms. The van der Waals surface area contributed by atoms with Crippen molar-refractivity contribution in [1.29, 1.82) is 0 Å². The monoisotopic (exact) mass is 284 g/mol. The van der Waals surface area contributed by atoms with Gasteiger partial charge in [0.25, 0.3) is 0 Å². The summed E-state index contributed by atoms with van der Waals surface area (Å²) in [6.45, 7) is -0.496. The van der Waals surface area contributed by atoms with Crippen LogP contribution in [0.2, 0.25) is 0 Å². The Morgan fingerprint density at radius 3 is 2.80 bits per heavy atom. The van der Waals surface area contributed by atoms with Crippen LogP contribution in [0.15, 0.2) is 6.33 Å². The predicted octanol–water partition coefficient (Wildman–Crippen LogP) is -1.42. The van der Waals surface area contributed by atoms with E-state index in [1.165, 1.54) is 10.9 Å². The van der Waals surface area contributed by atoms with Crippen molar-refractivity contribution in [3.05, 3.63) is 6.33 Å². The van der Waals surface area contributed by atoms with E-state index in [4.69, 9.17) is 21.3 Å². The number of aliphatic hydroxyl groups excluding tert-OH is 2. The zero-order valence-electron chi connectivity index (χ0n) is 10.2. The molecule has 2 aromatic heterocycles. The van der Waals surface area contributed by atoms with Gasteiger partial charge < -0.3 is 26.4 Å². The van der Waals surface area contributed by atoms with Crippen LogP contribution < -0.4 is 11.5 Å². The predicted molar refractivity (Wildman–Crippen MR) is 66.0 cm³/mol. The first kappa shape index (κ1) is 13.0. The maximum Gasteiger partial charge on any atom is 0.224 e. The van der Waals surface area contributed by atoms with Crippen molar-refractivity contribution in [2.45, 2.75) is 24.6 Å². The van der Waals surface area contributed by atoms with Gasteiger partial charge in [0.2, 0.25) is 5.95 Å². The van der Waals surface area contributed by atoms with Crippen LogP contribution in [0.4, 0.5) is 16.2 Å². The summed E-state index contributed by atoms with van der Waals surface area (Å²) in [7, 11) is 0. The molecule has 6 N–H and O–H groups in total. The van der Waals surface area contributed by atoms with E-state index in [0.717, 1.165) is 0 Å². The molecule has 108 valence electrons. The van der Waals surface area contributed by atoms with Crippen molar-refractivity contribution in [3.63, 3.8) is 0 Å². The lowest BCUT2D eigenvalue weighted by Gasteiger charge is -2.15. The van der Waals surface area contributed by atoms with Gasteiger partial charge in [-0.05, 0) is 0 Å². The third-order valence-electron chi connectivity index (χ3n) is 3.21. The SMILES string of the molecule is Nc1nc(N)c2ncn([C@@H]3O[C@H](CO)[C@H](O)[C@@H]3F)c2n1. The topological polar surface area (TPSA) is 145 Å². The van der Waals surface area contributed by atoms with E-state index >= 15 is 0 Å². The van der Waals surface area contributed by atoms with E-state index < -0.39 is 31.2 Å². The molecule has 3 heterocycles. The molecule has 3 rings (SSSR count). The number of imidazole rings is 1. The van der Waals surface area contributed by atoms with Crippen LogP contribution in [0.1, 0.15) is 6.23 Å². The smallest absolute Gasteiger partial charge is 0.224 e. The number of rotatable bonds is 2. The van der Waals surface area contributed by atoms with Crippen molar-refractivity contribution >= 4 is 22.9 Å². The number of nitrogen functional groups attached to an aromatic ring is 2. The van der Waals surface area contributed by atoms with Crippen molar-refractivity contribution in [2.24, 2.45) is 0 Å². The highest BCUT2D eigenvalue weighted by Gasteiger charge is 2.45. The number of hydrogen-bond acceptors (Lipinski definition) is 8. The number of hydrogen-bond donors (Lipinski definition) is 4. The fraction of sp³-hybridized carbons (Fsp3) is 0.500. The number of alkyl halides is 1. The van der Waals surface area contributed by atoms with Crippen LogP contribution in [0.5, 0.6) is 0 Å². The van der Waals surface area contributed by atoms with Crippen LogP contribution in [-0.4, -0.2) is 54.7 Å². The molecule has 1 aliphatic rings. The highest BCUT2D eigenvalue weighted by atomic mass is 19.1. The largest absolute Gasteiger partial charge is 0.394 e. The fourth-order valence-corrected chi connectivity index (χ4v) is 2.22. The Balaban J connectivity index is 2.07. The first-order valence-corrected chi connectivity index (χ1v) is 5.87. The Labute approximate surface area is 112 Å². The van der Waals surface area contributed by atoms with E-state index in [1.54, 1.807) is 0 Å². The van der Waals surface area contributed by atoms with Crippen molar-refractivity contribution in [3.8, 4) is 0 Å². The van der Waals surface area contributed by atoms with E-state index in [0.29, 0.717) is 0 Å². The summed E-state index contributed by atoms with van der Waals surface area (Å²) in [6, 6.07) is 0. The van der Waals surface area contributed by atoms with Gasteiger partial charge in [0.05, 0.1) is 12.9 Å². The molecule has 1 saturated heterocycles. The van der Waals surface area contributed by atoms with E-state index in [-0.39, 0.29) is 22.9 Å². The average Bonchev–Trinajstić information content (AvgIpc) is 2.93. The third kappa shape index (κ3) is 1.77. The highest BCUT2D eigenvalue weighted by molar-refractivity contribution is 5.82. The second-order valence-electron chi connectivity index (χ2n) is 4.47. The number of aliphatic hydroxyl groups is 2. The number of nitrogens with zero attached hydrogens (tertiary/aromatic N) is 4. The third-order valence-corrected chi connectivity index (χ3v) is 3.21. The molecule has 0 radical (unpaired) electrons. The van der Waals surface area contributed by atoms with Gasteiger partial charge in [-0.1, -0.05) is 0 Å². The highest BCUT2D eigenvalue weighted by Crippen LogP contribution is 2.33. The van der Waals surface area contributed by atoms with Crippen molar-refractivity contribution in [2.75, 3.05) is 18.1 Å². The summed E-state index contributed by atoms with van der Waals surface area (Å²) in [5.74, 6) is -0.0108. The molecule has 0 aliphatic carbocycles. The Bertz CT molecular complexity index is 649. The van der Waals surface area contributed by atoms with Gasteiger partial charge in [0.15, 0.2) is 23.9 Å². The summed E-state index contributed by atoms with van der Waals surface area (Å²) in [6.07, 6.45) is -4.07. The molecule has 0 saturated carbocycles. The molecular formula is C10H13FN6O3. The molecular weight excluding hydrogens is 271 g/mol. The van der Waals surface area contributed by atoms with Crippen LogP contribution in [0.3, 0.4) is 0 Å². The molecule has 2 aromatic rings. The molecule has 1 fully saturated rings. The maximum absolute atomic E-state index is 14.1. The molecule has 20 heavy (non-hydrogen) atoms. The Morgan fingerprint density at radius 2 is 2.15 bits per heavy atom. The lowest BCUT2D eigenvalue weighted by molar-refractivity contribution is -0.0459. The second-order valence-corrected chi connectivity index (χ2v) is 4.47. The Hall–Kier alpha value is -2.04. The summed E-state index contributed by atoms with van der Waals surface area (Å²) in [4.78, 5) is 11.7. The lowest BCUT2D eigenvalue weighted by atomic mass is 10.1. The first-order valence-electron chi connectivity index (χ1n) is 5.87. The van der Waals surface area contributed by atoms with Gasteiger partial charge in [-0.25, -0.2) is 9.37 Å². The number of nitrogens with two attached hydrogens (primary N) is 2. The van der Waals surface area contributed by atoms with E-state index in [1.807, 2.05) is 0 Å². The zero-order chi connectivity index (χ0) is 14.4. The molecule has 10 heteroatoms. The fourth-order valence-electron chi connectivity index (χ4n) is 2.22. The Kier molecular flexibility index (Phi) is 2.92. The van der Waals surface area contributed by atoms with Crippen LogP contribution in [0, 0.1) is 0 Å². The molecule has 4 atom stereocenters. The normalized spacial score (nSPS) is 30.1. The van der Waals surface area contributed by atoms with E-state index in [2.05, 4.69) is 15.0 Å². The van der Waals surface area contributed by atoms with Crippen LogP contribution in [0.25, 0.3) is 11.2 Å². The van der Waals surface area contributed by atoms with Gasteiger partial charge in [0, 0.05) is 0 Å². The number of halogens is 1. The molecule has 1 aliphatic heterocycles. The van der Waals surface area contributed by atoms with Crippen LogP contribution in [-0.2, 0) is 4.74 Å². The Morgan fingerprint density at radius 1 is 1.40 bits per heavy atom. The van der Waals surface area contributed by atoms with Gasteiger partial charge >= 0.3 is 0 Å². The maximum atomic E-state index is 14.1. The molecule has 0 spiro atoms. The van der Waals surface area contributed by atoms with Crippen LogP contribution >= 0.6 is 0 Å². The molecule has 0 aromatic carbocycles. The zero-order valence-corrected chi connectivity index (χ0v) is 10.2. The van der Waals surface area contributed by atoms with Gasteiger partial charge in [-0.2, -0.15) is 9.97 Å². The average molecular weight is 284 g/mol. The number of ether oxygens (including phenoxy) is 1. The van der Waals surface area contributed by atoms with Crippen molar-refractivity contribution in [1.82, 2.24) is 19.5 Å². The standard InChI is InChI=1S/C10H13FN6O3/c11-4-6(19)3(1-18)20-9(4)17-2-14-5-7(12)15-10(13)16-8(5)17/h2-4,6,9,18-19H,1H2,(H4,12,13,15,16)/t3-,4+,6+,9-/m1/s1. The summed E-state index contributed by atoms with van der Waals surface area (Å²) < 4.78 is 20.6. The second kappa shape index (κ2) is 4.51. The number of anilines is 2. The first-order chi connectivity index (χ1) is 9.52. The summed E-state index contributed by atoms with van der Waals surface area (Å²) in [5.41, 5.74) is 11.6. The quantitative estimate of drug-likeness (QED) is 0.525. The minimum atomic E-state index is -1.73. The number of aromatic nitrogens is 4. The lowest BCUT2D eigenvalue weighted by Crippen LogP contribution is -2.30. The van der Waals surface area contributed by atoms with Gasteiger partial charge in [0.1, 0.15) is 17.7 Å². The van der Waals surface area contributed by atoms with Gasteiger partial charge in [-0.3, -0.25) is 4.57 Å². The van der Waals surface area contributed by atoms with Gasteiger partial charge in [-0.15, -0.1) is 0 Å². The van der Waals surface area contributed by atoms with E-state index in [9.17, 15) is 9.50 Å². The van der Waals surface area contributed by atoms with Crippen molar-refractivity contribution < 1.29 is 19.3 Å². The molecule has 9 nitrogen and oxygen atoms in total. The minimum absolute atomic E-state index is 0.0684. The molecule has 0 amide bonds. The molecule has 0 unspecified atom stereocenters.